The summed E-state index contributed by atoms with van der Waals surface area (Å²) in [7, 11) is 0. The summed E-state index contributed by atoms with van der Waals surface area (Å²) < 4.78 is 9.53. The van der Waals surface area contributed by atoms with Gasteiger partial charge in [0.05, 0.1) is 10.9 Å². The van der Waals surface area contributed by atoms with Gasteiger partial charge < -0.3 is 4.74 Å². The molecule has 0 saturated heterocycles. The molecule has 4 rings (SSSR count). The number of pyridine rings is 1. The molecule has 0 radical (unpaired) electrons. The van der Waals surface area contributed by atoms with Crippen molar-refractivity contribution in [3.8, 4) is 0 Å². The zero-order valence-corrected chi connectivity index (χ0v) is 17.7. The highest BCUT2D eigenvalue weighted by atomic mass is 127. The van der Waals surface area contributed by atoms with E-state index in [9.17, 15) is 0 Å². The number of rotatable bonds is 4. The van der Waals surface area contributed by atoms with Gasteiger partial charge >= 0.3 is 0 Å². The van der Waals surface area contributed by atoms with Gasteiger partial charge in [-0.25, -0.2) is 4.98 Å². The third kappa shape index (κ3) is 2.81. The van der Waals surface area contributed by atoms with E-state index in [2.05, 4.69) is 60.2 Å². The Balaban J connectivity index is 1.93. The van der Waals surface area contributed by atoms with Gasteiger partial charge in [-0.2, -0.15) is 5.10 Å². The molecule has 1 unspecified atom stereocenters. The van der Waals surface area contributed by atoms with E-state index in [0.29, 0.717) is 17.0 Å². The second kappa shape index (κ2) is 6.30. The van der Waals surface area contributed by atoms with Gasteiger partial charge in [0.15, 0.2) is 12.0 Å². The highest BCUT2D eigenvalue weighted by molar-refractivity contribution is 14.1. The number of hydrogen-bond donors (Lipinski definition) is 0. The van der Waals surface area contributed by atoms with E-state index in [-0.39, 0.29) is 12.3 Å². The van der Waals surface area contributed by atoms with E-state index in [1.807, 2.05) is 10.7 Å². The number of fused-ring (bicyclic) bond motifs is 1. The Morgan fingerprint density at radius 3 is 2.60 bits per heavy atom. The molecule has 0 N–H and O–H groups in total. The summed E-state index contributed by atoms with van der Waals surface area (Å²) in [5.41, 5.74) is 1.01. The molecule has 1 aliphatic heterocycles. The van der Waals surface area contributed by atoms with Gasteiger partial charge in [-0.05, 0) is 55.3 Å². The first-order valence-electron chi connectivity index (χ1n) is 8.78. The van der Waals surface area contributed by atoms with Crippen LogP contribution in [0, 0.1) is 11.8 Å². The molecule has 0 bridgehead atoms. The molecule has 3 heterocycles. The van der Waals surface area contributed by atoms with Crippen LogP contribution in [0.4, 0.5) is 5.82 Å². The minimum absolute atomic E-state index is 0.0579. The van der Waals surface area contributed by atoms with Crippen molar-refractivity contribution in [1.29, 1.82) is 0 Å². The number of ether oxygens (including phenoxy) is 1. The van der Waals surface area contributed by atoms with Crippen molar-refractivity contribution in [2.75, 3.05) is 4.90 Å². The summed E-state index contributed by atoms with van der Waals surface area (Å²) >= 11 is 8.90. The highest BCUT2D eigenvalue weighted by Crippen LogP contribution is 2.49. The molecule has 5 nitrogen and oxygen atoms in total. The lowest BCUT2D eigenvalue weighted by Gasteiger charge is -2.27. The van der Waals surface area contributed by atoms with Gasteiger partial charge in [0.1, 0.15) is 14.6 Å². The first kappa shape index (κ1) is 17.4. The van der Waals surface area contributed by atoms with E-state index in [0.717, 1.165) is 26.2 Å². The lowest BCUT2D eigenvalue weighted by atomic mass is 10.1. The van der Waals surface area contributed by atoms with Crippen LogP contribution in [0.3, 0.4) is 0 Å². The first-order chi connectivity index (χ1) is 11.9. The molecule has 2 aromatic heterocycles. The SMILES string of the molecule is CC(C)C1OC(C2CC2)=C(I)N1c1nn(C(C)C)c2ccnc(Cl)c12. The first-order valence-corrected chi connectivity index (χ1v) is 10.2. The molecule has 0 amide bonds. The topological polar surface area (TPSA) is 43.2 Å². The normalized spacial score (nSPS) is 21.1. The summed E-state index contributed by atoms with van der Waals surface area (Å²) in [5.74, 6) is 2.85. The summed E-state index contributed by atoms with van der Waals surface area (Å²) in [4.78, 5) is 6.52. The molecule has 2 aromatic rings. The van der Waals surface area contributed by atoms with E-state index >= 15 is 0 Å². The second-order valence-electron chi connectivity index (χ2n) is 7.41. The summed E-state index contributed by atoms with van der Waals surface area (Å²) in [5, 5.41) is 6.32. The summed E-state index contributed by atoms with van der Waals surface area (Å²) in [6, 6.07) is 2.22. The van der Waals surface area contributed by atoms with Crippen LogP contribution in [0.25, 0.3) is 10.9 Å². The molecule has 134 valence electrons. The fraction of sp³-hybridized carbons (Fsp3) is 0.556. The molecular formula is C18H22ClIN4O. The minimum Gasteiger partial charge on any atom is -0.471 e. The zero-order chi connectivity index (χ0) is 17.9. The van der Waals surface area contributed by atoms with Crippen LogP contribution >= 0.6 is 34.2 Å². The lowest BCUT2D eigenvalue weighted by Crippen LogP contribution is -2.34. The van der Waals surface area contributed by atoms with Crippen LogP contribution in [-0.4, -0.2) is 21.0 Å². The molecule has 0 spiro atoms. The Morgan fingerprint density at radius 2 is 2.00 bits per heavy atom. The maximum absolute atomic E-state index is 6.49. The number of nitrogens with zero attached hydrogens (tertiary/aromatic N) is 4. The third-order valence-corrected chi connectivity index (χ3v) is 6.05. The van der Waals surface area contributed by atoms with E-state index in [1.165, 1.54) is 12.8 Å². The Hall–Kier alpha value is -1.02. The quantitative estimate of drug-likeness (QED) is 0.335. The van der Waals surface area contributed by atoms with Crippen molar-refractivity contribution in [3.05, 3.63) is 26.9 Å². The number of halogens is 2. The van der Waals surface area contributed by atoms with Crippen LogP contribution in [0.15, 0.2) is 21.7 Å². The maximum Gasteiger partial charge on any atom is 0.180 e. The van der Waals surface area contributed by atoms with Crippen molar-refractivity contribution in [2.24, 2.45) is 11.8 Å². The van der Waals surface area contributed by atoms with Crippen molar-refractivity contribution in [2.45, 2.75) is 52.8 Å². The van der Waals surface area contributed by atoms with Crippen LogP contribution < -0.4 is 4.90 Å². The fourth-order valence-corrected chi connectivity index (χ4v) is 4.62. The highest BCUT2D eigenvalue weighted by Gasteiger charge is 2.43. The molecule has 1 saturated carbocycles. The Labute approximate surface area is 166 Å². The average Bonchev–Trinajstić information content (AvgIpc) is 3.22. The van der Waals surface area contributed by atoms with Crippen molar-refractivity contribution < 1.29 is 4.74 Å². The van der Waals surface area contributed by atoms with Crippen molar-refractivity contribution in [1.82, 2.24) is 14.8 Å². The number of allylic oxidation sites excluding steroid dienone is 1. The predicted molar refractivity (Wildman–Crippen MR) is 109 cm³/mol. The summed E-state index contributed by atoms with van der Waals surface area (Å²) in [6.07, 6.45) is 4.11. The molecule has 1 atom stereocenters. The predicted octanol–water partition coefficient (Wildman–Crippen LogP) is 5.50. The number of aromatic nitrogens is 3. The van der Waals surface area contributed by atoms with Gasteiger partial charge in [0.2, 0.25) is 0 Å². The van der Waals surface area contributed by atoms with Crippen LogP contribution in [0.2, 0.25) is 5.15 Å². The van der Waals surface area contributed by atoms with Crippen LogP contribution in [0.1, 0.15) is 46.6 Å². The van der Waals surface area contributed by atoms with Crippen LogP contribution in [-0.2, 0) is 4.74 Å². The van der Waals surface area contributed by atoms with Gasteiger partial charge in [0, 0.05) is 24.1 Å². The average molecular weight is 473 g/mol. The molecule has 2 aliphatic rings. The van der Waals surface area contributed by atoms with Crippen LogP contribution in [0.5, 0.6) is 0 Å². The van der Waals surface area contributed by atoms with Gasteiger partial charge in [-0.1, -0.05) is 25.4 Å². The molecule has 1 aliphatic carbocycles. The molecular weight excluding hydrogens is 451 g/mol. The fourth-order valence-electron chi connectivity index (χ4n) is 3.31. The Bertz CT molecular complexity index is 856. The largest absolute Gasteiger partial charge is 0.471 e. The standard InChI is InChI=1S/C18H22ClIN4O/c1-9(2)18-23(16(20)14(25-18)11-5-6-11)17-13-12(7-8-21-15(13)19)24(22-17)10(3)4/h7-11,18H,5-6H2,1-4H3. The lowest BCUT2D eigenvalue weighted by molar-refractivity contribution is 0.0949. The zero-order valence-electron chi connectivity index (χ0n) is 14.8. The van der Waals surface area contributed by atoms with Crippen molar-refractivity contribution >= 4 is 50.9 Å². The van der Waals surface area contributed by atoms with E-state index in [1.54, 1.807) is 6.20 Å². The van der Waals surface area contributed by atoms with Crippen molar-refractivity contribution in [3.63, 3.8) is 0 Å². The Morgan fingerprint density at radius 1 is 1.28 bits per heavy atom. The van der Waals surface area contributed by atoms with Gasteiger partial charge in [-0.15, -0.1) is 0 Å². The van der Waals surface area contributed by atoms with Gasteiger partial charge in [0.25, 0.3) is 0 Å². The summed E-state index contributed by atoms with van der Waals surface area (Å²) in [6.45, 7) is 8.61. The Kier molecular flexibility index (Phi) is 4.38. The van der Waals surface area contributed by atoms with Gasteiger partial charge in [-0.3, -0.25) is 9.58 Å². The number of hydrogen-bond acceptors (Lipinski definition) is 4. The maximum atomic E-state index is 6.49. The molecule has 25 heavy (non-hydrogen) atoms. The van der Waals surface area contributed by atoms with E-state index in [4.69, 9.17) is 21.4 Å². The molecule has 1 fully saturated rings. The second-order valence-corrected chi connectivity index (χ2v) is 8.79. The number of anilines is 1. The molecule has 7 heteroatoms. The molecule has 0 aromatic carbocycles. The third-order valence-electron chi connectivity index (χ3n) is 4.71. The smallest absolute Gasteiger partial charge is 0.180 e. The van der Waals surface area contributed by atoms with E-state index < -0.39 is 0 Å². The monoisotopic (exact) mass is 472 g/mol. The minimum atomic E-state index is -0.0579.